The van der Waals surface area contributed by atoms with Crippen molar-refractivity contribution in [2.75, 3.05) is 45.6 Å². The Morgan fingerprint density at radius 2 is 1.97 bits per heavy atom. The van der Waals surface area contributed by atoms with Crippen molar-refractivity contribution in [3.8, 4) is 0 Å². The van der Waals surface area contributed by atoms with E-state index in [1.165, 1.54) is 26.5 Å². The fraction of sp³-hybridized carbons (Fsp3) is 0.571. The highest BCUT2D eigenvalue weighted by molar-refractivity contribution is 7.91. The first-order valence-corrected chi connectivity index (χ1v) is 12.0. The van der Waals surface area contributed by atoms with E-state index in [1.807, 2.05) is 34.9 Å². The van der Waals surface area contributed by atoms with E-state index in [0.29, 0.717) is 12.6 Å². The van der Waals surface area contributed by atoms with E-state index in [2.05, 4.69) is 14.8 Å². The number of ether oxygens (including phenoxy) is 1. The summed E-state index contributed by atoms with van der Waals surface area (Å²) in [5, 5.41) is 0.146. The number of benzene rings is 1. The number of rotatable bonds is 8. The summed E-state index contributed by atoms with van der Waals surface area (Å²) in [6.07, 6.45) is 4.28. The van der Waals surface area contributed by atoms with Crippen LogP contribution in [-0.2, 0) is 27.7 Å². The number of fused-ring (bicyclic) bond motifs is 1. The minimum absolute atomic E-state index is 0.0600. The molecule has 0 N–H and O–H groups in total. The lowest BCUT2D eigenvalue weighted by Gasteiger charge is -2.37. The number of nitrogens with zero attached hydrogens (tertiary/aromatic N) is 4. The van der Waals surface area contributed by atoms with Crippen molar-refractivity contribution in [1.29, 1.82) is 0 Å². The highest BCUT2D eigenvalue weighted by atomic mass is 32.2. The Balaban J connectivity index is 1.59. The molecule has 0 aliphatic carbocycles. The van der Waals surface area contributed by atoms with Gasteiger partial charge in [-0.15, -0.1) is 0 Å². The third-order valence-electron chi connectivity index (χ3n) is 5.98. The number of piperazine rings is 1. The Bertz CT molecular complexity index is 913. The van der Waals surface area contributed by atoms with E-state index in [-0.39, 0.29) is 17.5 Å². The molecule has 2 fully saturated rings. The van der Waals surface area contributed by atoms with Crippen LogP contribution in [0.5, 0.6) is 0 Å². The maximum absolute atomic E-state index is 12.9. The standard InChI is InChI=1S/C21H30N4O3S/c1-28-12-13-29(26,27)21-22-14-20(25(21)15-18-6-3-2-4-7-18)17-23-10-11-24-9-5-8-19(24)16-23/h2-4,6-7,14,19H,5,8-13,15-17H2,1H3. The van der Waals surface area contributed by atoms with Gasteiger partial charge in [0.15, 0.2) is 0 Å². The molecule has 0 spiro atoms. The van der Waals surface area contributed by atoms with Gasteiger partial charge in [-0.2, -0.15) is 0 Å². The summed E-state index contributed by atoms with van der Waals surface area (Å²) in [6.45, 7) is 5.76. The van der Waals surface area contributed by atoms with Crippen LogP contribution in [0.2, 0.25) is 0 Å². The number of hydrogen-bond acceptors (Lipinski definition) is 6. The lowest BCUT2D eigenvalue weighted by molar-refractivity contribution is 0.0975. The van der Waals surface area contributed by atoms with Gasteiger partial charge in [-0.3, -0.25) is 9.80 Å². The second-order valence-electron chi connectivity index (χ2n) is 7.98. The predicted octanol–water partition coefficient (Wildman–Crippen LogP) is 1.63. The summed E-state index contributed by atoms with van der Waals surface area (Å²) in [4.78, 5) is 9.37. The molecule has 0 saturated carbocycles. The monoisotopic (exact) mass is 418 g/mol. The second-order valence-corrected chi connectivity index (χ2v) is 9.99. The summed E-state index contributed by atoms with van der Waals surface area (Å²) < 4.78 is 32.6. The molecule has 0 radical (unpaired) electrons. The van der Waals surface area contributed by atoms with Crippen LogP contribution in [0.25, 0.3) is 0 Å². The van der Waals surface area contributed by atoms with E-state index in [1.54, 1.807) is 6.20 Å². The van der Waals surface area contributed by atoms with Gasteiger partial charge in [-0.25, -0.2) is 13.4 Å². The minimum atomic E-state index is -3.51. The molecule has 1 aromatic heterocycles. The van der Waals surface area contributed by atoms with Crippen LogP contribution in [0, 0.1) is 0 Å². The molecule has 3 heterocycles. The number of imidazole rings is 1. The first-order chi connectivity index (χ1) is 14.1. The van der Waals surface area contributed by atoms with Gasteiger partial charge in [0, 0.05) is 39.3 Å². The maximum atomic E-state index is 12.9. The molecular formula is C21H30N4O3S. The van der Waals surface area contributed by atoms with Crippen LogP contribution in [0.1, 0.15) is 24.1 Å². The number of hydrogen-bond donors (Lipinski definition) is 0. The van der Waals surface area contributed by atoms with Crippen molar-refractivity contribution in [2.45, 2.75) is 37.1 Å². The van der Waals surface area contributed by atoms with E-state index in [9.17, 15) is 8.42 Å². The Kier molecular flexibility index (Phi) is 6.34. The highest BCUT2D eigenvalue weighted by Crippen LogP contribution is 2.24. The zero-order chi connectivity index (χ0) is 20.3. The van der Waals surface area contributed by atoms with Crippen molar-refractivity contribution >= 4 is 9.84 Å². The molecule has 8 heteroatoms. The molecule has 0 amide bonds. The topological polar surface area (TPSA) is 67.7 Å². The van der Waals surface area contributed by atoms with E-state index >= 15 is 0 Å². The molecule has 2 saturated heterocycles. The number of sulfone groups is 1. The molecule has 1 atom stereocenters. The largest absolute Gasteiger partial charge is 0.384 e. The van der Waals surface area contributed by atoms with E-state index in [4.69, 9.17) is 4.74 Å². The van der Waals surface area contributed by atoms with Gasteiger partial charge in [0.2, 0.25) is 15.0 Å². The molecular weight excluding hydrogens is 388 g/mol. The first kappa shape index (κ1) is 20.5. The summed E-state index contributed by atoms with van der Waals surface area (Å²) in [5.74, 6) is -0.0600. The molecule has 29 heavy (non-hydrogen) atoms. The molecule has 2 aliphatic heterocycles. The van der Waals surface area contributed by atoms with Crippen molar-refractivity contribution < 1.29 is 13.2 Å². The smallest absolute Gasteiger partial charge is 0.228 e. The van der Waals surface area contributed by atoms with Gasteiger partial charge >= 0.3 is 0 Å². The van der Waals surface area contributed by atoms with Crippen LogP contribution in [0.4, 0.5) is 0 Å². The van der Waals surface area contributed by atoms with Gasteiger partial charge in [0.25, 0.3) is 0 Å². The summed E-state index contributed by atoms with van der Waals surface area (Å²) >= 11 is 0. The van der Waals surface area contributed by atoms with E-state index < -0.39 is 9.84 Å². The van der Waals surface area contributed by atoms with Gasteiger partial charge in [-0.1, -0.05) is 30.3 Å². The number of methoxy groups -OCH3 is 1. The zero-order valence-corrected chi connectivity index (χ0v) is 17.9. The molecule has 0 bridgehead atoms. The first-order valence-electron chi connectivity index (χ1n) is 10.3. The van der Waals surface area contributed by atoms with Crippen LogP contribution in [0.3, 0.4) is 0 Å². The average molecular weight is 419 g/mol. The predicted molar refractivity (Wildman–Crippen MR) is 112 cm³/mol. The van der Waals surface area contributed by atoms with Crippen molar-refractivity contribution in [2.24, 2.45) is 0 Å². The molecule has 2 aromatic rings. The Morgan fingerprint density at radius 3 is 2.76 bits per heavy atom. The quantitative estimate of drug-likeness (QED) is 0.649. The average Bonchev–Trinajstić information content (AvgIpc) is 3.34. The van der Waals surface area contributed by atoms with Gasteiger partial charge < -0.3 is 9.30 Å². The molecule has 1 aromatic carbocycles. The van der Waals surface area contributed by atoms with Crippen LogP contribution in [-0.4, -0.2) is 79.5 Å². The van der Waals surface area contributed by atoms with Crippen LogP contribution in [0.15, 0.2) is 41.7 Å². The van der Waals surface area contributed by atoms with E-state index in [0.717, 1.165) is 37.4 Å². The SMILES string of the molecule is COCCS(=O)(=O)c1ncc(CN2CCN3CCCC3C2)n1Cc1ccccc1. The normalized spacial score (nSPS) is 20.8. The molecule has 158 valence electrons. The third kappa shape index (κ3) is 4.71. The fourth-order valence-corrected chi connectivity index (χ4v) is 5.71. The third-order valence-corrected chi connectivity index (χ3v) is 7.56. The molecule has 1 unspecified atom stereocenters. The van der Waals surface area contributed by atoms with Crippen LogP contribution >= 0.6 is 0 Å². The highest BCUT2D eigenvalue weighted by Gasteiger charge is 2.31. The zero-order valence-electron chi connectivity index (χ0n) is 17.0. The molecule has 4 rings (SSSR count). The van der Waals surface area contributed by atoms with Crippen LogP contribution < -0.4 is 0 Å². The minimum Gasteiger partial charge on any atom is -0.384 e. The maximum Gasteiger partial charge on any atom is 0.228 e. The molecule has 2 aliphatic rings. The Labute approximate surface area is 173 Å². The van der Waals surface area contributed by atoms with Crippen molar-refractivity contribution in [1.82, 2.24) is 19.4 Å². The molecule has 7 nitrogen and oxygen atoms in total. The lowest BCUT2D eigenvalue weighted by atomic mass is 10.1. The fourth-order valence-electron chi connectivity index (χ4n) is 4.41. The second kappa shape index (κ2) is 8.95. The summed E-state index contributed by atoms with van der Waals surface area (Å²) in [7, 11) is -1.99. The Hall–Kier alpha value is -1.74. The van der Waals surface area contributed by atoms with Gasteiger partial charge in [-0.05, 0) is 24.9 Å². The number of aromatic nitrogens is 2. The van der Waals surface area contributed by atoms with Gasteiger partial charge in [0.05, 0.1) is 30.8 Å². The van der Waals surface area contributed by atoms with Crippen molar-refractivity contribution in [3.05, 3.63) is 47.8 Å². The Morgan fingerprint density at radius 1 is 1.14 bits per heavy atom. The summed E-state index contributed by atoms with van der Waals surface area (Å²) in [6, 6.07) is 10.6. The lowest BCUT2D eigenvalue weighted by Crippen LogP contribution is -2.49. The van der Waals surface area contributed by atoms with Crippen molar-refractivity contribution in [3.63, 3.8) is 0 Å². The summed E-state index contributed by atoms with van der Waals surface area (Å²) in [5.41, 5.74) is 2.02. The van der Waals surface area contributed by atoms with Gasteiger partial charge in [0.1, 0.15) is 0 Å².